The summed E-state index contributed by atoms with van der Waals surface area (Å²) >= 11 is 0. The first-order valence-electron chi connectivity index (χ1n) is 5.84. The highest BCUT2D eigenvalue weighted by Crippen LogP contribution is 2.23. The third-order valence-electron chi connectivity index (χ3n) is 2.71. The molecule has 1 aromatic heterocycles. The second-order valence-corrected chi connectivity index (χ2v) is 3.82. The summed E-state index contributed by atoms with van der Waals surface area (Å²) in [5.41, 5.74) is 2.58. The van der Waals surface area contributed by atoms with Crippen LogP contribution in [0.5, 0.6) is 0 Å². The molecular formula is C13H17ClN2O2. The molecule has 0 bridgehead atoms. The molecule has 2 rings (SSSR count). The number of nitrogens with zero attached hydrogens (tertiary/aromatic N) is 1. The predicted molar refractivity (Wildman–Crippen MR) is 72.5 cm³/mol. The molecule has 4 nitrogen and oxygen atoms in total. The van der Waals surface area contributed by atoms with Gasteiger partial charge in [0.15, 0.2) is 0 Å². The summed E-state index contributed by atoms with van der Waals surface area (Å²) in [5.74, 6) is -0.236. The average molecular weight is 269 g/mol. The Kier molecular flexibility index (Phi) is 5.82. The molecular weight excluding hydrogens is 252 g/mol. The minimum Gasteiger partial charge on any atom is -0.463 e. The summed E-state index contributed by atoms with van der Waals surface area (Å²) in [5, 5.41) is 3.19. The number of rotatable bonds is 3. The first kappa shape index (κ1) is 14.7. The summed E-state index contributed by atoms with van der Waals surface area (Å²) < 4.78 is 5.07. The second-order valence-electron chi connectivity index (χ2n) is 3.82. The maximum absolute atomic E-state index is 11.8. The highest BCUT2D eigenvalue weighted by atomic mass is 35.5. The molecule has 98 valence electrons. The number of aromatic nitrogens is 1. The third-order valence-corrected chi connectivity index (χ3v) is 2.71. The summed E-state index contributed by atoms with van der Waals surface area (Å²) in [6.45, 7) is 3.65. The highest BCUT2D eigenvalue weighted by Gasteiger charge is 2.21. The van der Waals surface area contributed by atoms with Crippen molar-refractivity contribution in [2.75, 3.05) is 19.7 Å². The zero-order valence-corrected chi connectivity index (χ0v) is 11.1. The number of hydrogen-bond donors (Lipinski definition) is 1. The van der Waals surface area contributed by atoms with Crippen molar-refractivity contribution in [3.8, 4) is 0 Å². The lowest BCUT2D eigenvalue weighted by Gasteiger charge is -2.19. The van der Waals surface area contributed by atoms with E-state index in [0.717, 1.165) is 24.2 Å². The Morgan fingerprint density at radius 1 is 1.50 bits per heavy atom. The standard InChI is InChI=1S/C13H16N2O2.ClH/c1-2-17-13(16)11-9-14-8-6-10(11)12-5-3-4-7-15-12;/h3-5,7,14H,2,6,8-9H2,1H3;1H. The lowest BCUT2D eigenvalue weighted by Crippen LogP contribution is -2.29. The normalized spacial score (nSPS) is 14.9. The molecule has 0 unspecified atom stereocenters. The number of halogens is 1. The van der Waals surface area contributed by atoms with Gasteiger partial charge in [0.1, 0.15) is 0 Å². The van der Waals surface area contributed by atoms with Gasteiger partial charge in [-0.2, -0.15) is 0 Å². The third kappa shape index (κ3) is 3.31. The number of carbonyl (C=O) groups is 1. The van der Waals surface area contributed by atoms with Crippen LogP contribution in [0.3, 0.4) is 0 Å². The van der Waals surface area contributed by atoms with Crippen molar-refractivity contribution in [3.63, 3.8) is 0 Å². The van der Waals surface area contributed by atoms with Crippen molar-refractivity contribution < 1.29 is 9.53 Å². The van der Waals surface area contributed by atoms with Gasteiger partial charge in [0.2, 0.25) is 0 Å². The average Bonchev–Trinajstić information content (AvgIpc) is 2.40. The number of pyridine rings is 1. The molecule has 0 spiro atoms. The Bertz CT molecular complexity index is 432. The maximum atomic E-state index is 11.8. The van der Waals surface area contributed by atoms with Gasteiger partial charge in [0.05, 0.1) is 17.9 Å². The Morgan fingerprint density at radius 3 is 3.00 bits per heavy atom. The Morgan fingerprint density at radius 2 is 2.33 bits per heavy atom. The molecule has 1 aliphatic rings. The van der Waals surface area contributed by atoms with Gasteiger partial charge in [-0.1, -0.05) is 6.07 Å². The van der Waals surface area contributed by atoms with Crippen molar-refractivity contribution in [1.29, 1.82) is 0 Å². The molecule has 1 aromatic rings. The first-order valence-corrected chi connectivity index (χ1v) is 5.84. The molecule has 1 aliphatic heterocycles. The van der Waals surface area contributed by atoms with Crippen LogP contribution in [0.1, 0.15) is 19.0 Å². The zero-order chi connectivity index (χ0) is 12.1. The monoisotopic (exact) mass is 268 g/mol. The van der Waals surface area contributed by atoms with Gasteiger partial charge >= 0.3 is 5.97 Å². The van der Waals surface area contributed by atoms with Crippen LogP contribution in [0, 0.1) is 0 Å². The lowest BCUT2D eigenvalue weighted by atomic mass is 9.98. The van der Waals surface area contributed by atoms with Crippen LogP contribution in [0.4, 0.5) is 0 Å². The molecule has 0 saturated carbocycles. The summed E-state index contributed by atoms with van der Waals surface area (Å²) in [6.07, 6.45) is 2.55. The molecule has 18 heavy (non-hydrogen) atoms. The number of hydrogen-bond acceptors (Lipinski definition) is 4. The molecule has 1 N–H and O–H groups in total. The number of carbonyl (C=O) groups excluding carboxylic acids is 1. The van der Waals surface area contributed by atoms with Crippen LogP contribution in [0.15, 0.2) is 30.0 Å². The van der Waals surface area contributed by atoms with Gasteiger partial charge in [0, 0.05) is 12.7 Å². The molecule has 0 fully saturated rings. The molecule has 0 saturated heterocycles. The Labute approximate surface area is 113 Å². The summed E-state index contributed by atoms with van der Waals surface area (Å²) in [4.78, 5) is 16.1. The maximum Gasteiger partial charge on any atom is 0.335 e. The molecule has 0 radical (unpaired) electrons. The fourth-order valence-corrected chi connectivity index (χ4v) is 1.92. The van der Waals surface area contributed by atoms with E-state index in [0.29, 0.717) is 18.7 Å². The van der Waals surface area contributed by atoms with E-state index in [1.165, 1.54) is 0 Å². The van der Waals surface area contributed by atoms with E-state index in [2.05, 4.69) is 10.3 Å². The fourth-order valence-electron chi connectivity index (χ4n) is 1.92. The van der Waals surface area contributed by atoms with Crippen LogP contribution >= 0.6 is 12.4 Å². The zero-order valence-electron chi connectivity index (χ0n) is 10.3. The molecule has 2 heterocycles. The van der Waals surface area contributed by atoms with Gasteiger partial charge in [-0.05, 0) is 37.6 Å². The molecule has 0 atom stereocenters. The molecule has 0 aliphatic carbocycles. The topological polar surface area (TPSA) is 51.2 Å². The van der Waals surface area contributed by atoms with Crippen molar-refractivity contribution >= 4 is 23.9 Å². The SMILES string of the molecule is CCOC(=O)C1=C(c2ccccn2)CCNC1.Cl. The Hall–Kier alpha value is -1.39. The van der Waals surface area contributed by atoms with Crippen LogP contribution in [-0.2, 0) is 9.53 Å². The summed E-state index contributed by atoms with van der Waals surface area (Å²) in [7, 11) is 0. The van der Waals surface area contributed by atoms with E-state index in [1.54, 1.807) is 6.20 Å². The minimum atomic E-state index is -0.236. The minimum absolute atomic E-state index is 0. The summed E-state index contributed by atoms with van der Waals surface area (Å²) in [6, 6.07) is 5.73. The first-order chi connectivity index (χ1) is 8.33. The number of ether oxygens (including phenoxy) is 1. The van der Waals surface area contributed by atoms with Crippen molar-refractivity contribution in [1.82, 2.24) is 10.3 Å². The fraction of sp³-hybridized carbons (Fsp3) is 0.385. The van der Waals surface area contributed by atoms with Gasteiger partial charge in [-0.15, -0.1) is 12.4 Å². The van der Waals surface area contributed by atoms with Gasteiger partial charge in [-0.25, -0.2) is 4.79 Å². The smallest absolute Gasteiger partial charge is 0.335 e. The highest BCUT2D eigenvalue weighted by molar-refractivity contribution is 5.98. The van der Waals surface area contributed by atoms with Crippen molar-refractivity contribution in [3.05, 3.63) is 35.7 Å². The van der Waals surface area contributed by atoms with Gasteiger partial charge in [-0.3, -0.25) is 4.98 Å². The lowest BCUT2D eigenvalue weighted by molar-refractivity contribution is -0.138. The van der Waals surface area contributed by atoms with Gasteiger partial charge < -0.3 is 10.1 Å². The van der Waals surface area contributed by atoms with Crippen LogP contribution in [0.25, 0.3) is 5.57 Å². The van der Waals surface area contributed by atoms with Gasteiger partial charge in [0.25, 0.3) is 0 Å². The number of nitrogens with one attached hydrogen (secondary N) is 1. The van der Waals surface area contributed by atoms with E-state index in [-0.39, 0.29) is 18.4 Å². The predicted octanol–water partition coefficient (Wildman–Crippen LogP) is 1.81. The van der Waals surface area contributed by atoms with Crippen LogP contribution < -0.4 is 5.32 Å². The van der Waals surface area contributed by atoms with E-state index in [4.69, 9.17) is 4.74 Å². The van der Waals surface area contributed by atoms with E-state index >= 15 is 0 Å². The molecule has 0 amide bonds. The van der Waals surface area contributed by atoms with Crippen LogP contribution in [-0.4, -0.2) is 30.6 Å². The quantitative estimate of drug-likeness (QED) is 0.850. The van der Waals surface area contributed by atoms with E-state index < -0.39 is 0 Å². The second kappa shape index (κ2) is 7.13. The van der Waals surface area contributed by atoms with Crippen molar-refractivity contribution in [2.24, 2.45) is 0 Å². The molecule has 0 aromatic carbocycles. The largest absolute Gasteiger partial charge is 0.463 e. The Balaban J connectivity index is 0.00000162. The van der Waals surface area contributed by atoms with E-state index in [9.17, 15) is 4.79 Å². The molecule has 5 heteroatoms. The number of esters is 1. The van der Waals surface area contributed by atoms with Crippen molar-refractivity contribution in [2.45, 2.75) is 13.3 Å². The van der Waals surface area contributed by atoms with E-state index in [1.807, 2.05) is 25.1 Å². The van der Waals surface area contributed by atoms with Crippen LogP contribution in [0.2, 0.25) is 0 Å².